The molecule has 6 rings (SSSR count). The van der Waals surface area contributed by atoms with Gasteiger partial charge in [0.05, 0.1) is 40.1 Å². The van der Waals surface area contributed by atoms with Gasteiger partial charge < -0.3 is 14.8 Å². The molecule has 1 aliphatic rings. The van der Waals surface area contributed by atoms with Crippen LogP contribution in [0.25, 0.3) is 6.08 Å². The molecule has 0 radical (unpaired) electrons. The number of allylic oxidation sites excluding steroid dienone is 1. The lowest BCUT2D eigenvalue weighted by Gasteiger charge is -2.25. The lowest BCUT2D eigenvalue weighted by atomic mass is 9.95. The summed E-state index contributed by atoms with van der Waals surface area (Å²) in [6, 6.07) is 32.8. The molecule has 0 spiro atoms. The van der Waals surface area contributed by atoms with E-state index < -0.39 is 6.04 Å². The topological polar surface area (TPSA) is 106 Å². The standard InChI is InChI=1S/C37H30N4O4S/c1-3-44-30-19-17-27(18-20-30)34-33(35(42)40-29-10-5-4-6-11-29)24(2)39-37-41(34)36(43)32(46-37)21-28-9-7-8-12-31(28)45-23-26-15-13-25(22-38)14-16-26/h4-21,34H,3,23H2,1-2H3,(H,40,42)/b32-21-/t34-/m1/s1. The predicted molar refractivity (Wildman–Crippen MR) is 178 cm³/mol. The van der Waals surface area contributed by atoms with Crippen molar-refractivity contribution in [3.05, 3.63) is 156 Å². The minimum absolute atomic E-state index is 0.262. The molecule has 228 valence electrons. The Labute approximate surface area is 269 Å². The first-order valence-electron chi connectivity index (χ1n) is 14.8. The van der Waals surface area contributed by atoms with Crippen molar-refractivity contribution < 1.29 is 14.3 Å². The molecule has 2 heterocycles. The summed E-state index contributed by atoms with van der Waals surface area (Å²) in [5, 5.41) is 12.1. The van der Waals surface area contributed by atoms with Crippen LogP contribution in [-0.4, -0.2) is 17.1 Å². The molecule has 1 aromatic heterocycles. The third kappa shape index (κ3) is 6.39. The highest BCUT2D eigenvalue weighted by molar-refractivity contribution is 7.07. The molecule has 4 aromatic carbocycles. The number of nitrogens with one attached hydrogen (secondary N) is 1. The molecule has 0 unspecified atom stereocenters. The van der Waals surface area contributed by atoms with Crippen molar-refractivity contribution in [2.45, 2.75) is 26.5 Å². The van der Waals surface area contributed by atoms with Gasteiger partial charge in [-0.2, -0.15) is 5.26 Å². The number of aromatic nitrogens is 1. The maximum atomic E-state index is 14.2. The van der Waals surface area contributed by atoms with Crippen molar-refractivity contribution in [3.8, 4) is 17.6 Å². The quantitative estimate of drug-likeness (QED) is 0.225. The maximum absolute atomic E-state index is 14.2. The van der Waals surface area contributed by atoms with E-state index in [1.807, 2.05) is 97.9 Å². The molecular weight excluding hydrogens is 596 g/mol. The molecule has 0 bridgehead atoms. The minimum Gasteiger partial charge on any atom is -0.494 e. The summed E-state index contributed by atoms with van der Waals surface area (Å²) in [6.45, 7) is 4.54. The molecule has 0 fully saturated rings. The summed E-state index contributed by atoms with van der Waals surface area (Å²) in [6.07, 6.45) is 1.80. The molecule has 9 heteroatoms. The summed E-state index contributed by atoms with van der Waals surface area (Å²) in [5.74, 6) is 0.981. The number of fused-ring (bicyclic) bond motifs is 1. The van der Waals surface area contributed by atoms with E-state index in [-0.39, 0.29) is 11.5 Å². The van der Waals surface area contributed by atoms with Crippen molar-refractivity contribution >= 4 is 29.0 Å². The second-order valence-corrected chi connectivity index (χ2v) is 11.5. The van der Waals surface area contributed by atoms with Gasteiger partial charge in [0.25, 0.3) is 11.5 Å². The molecule has 1 aliphatic heterocycles. The van der Waals surface area contributed by atoms with E-state index in [2.05, 4.69) is 11.4 Å². The Balaban J connectivity index is 1.40. The SMILES string of the molecule is CCOc1ccc([C@@H]2C(C(=O)Nc3ccccc3)=C(C)N=c3s/c(=C\c4ccccc4OCc4ccc(C#N)cc4)c(=O)n32)cc1. The van der Waals surface area contributed by atoms with Crippen LogP contribution in [-0.2, 0) is 11.4 Å². The Morgan fingerprint density at radius 2 is 1.70 bits per heavy atom. The number of thiazole rings is 1. The largest absolute Gasteiger partial charge is 0.494 e. The van der Waals surface area contributed by atoms with Gasteiger partial charge in [-0.05, 0) is 73.5 Å². The van der Waals surface area contributed by atoms with E-state index in [4.69, 9.17) is 19.7 Å². The Hall–Kier alpha value is -5.72. The molecule has 1 amide bonds. The van der Waals surface area contributed by atoms with E-state index in [1.165, 1.54) is 11.3 Å². The number of hydrogen-bond donors (Lipinski definition) is 1. The van der Waals surface area contributed by atoms with Crippen LogP contribution in [0.15, 0.2) is 124 Å². The number of benzene rings is 4. The lowest BCUT2D eigenvalue weighted by Crippen LogP contribution is -2.40. The molecule has 1 N–H and O–H groups in total. The smallest absolute Gasteiger partial charge is 0.271 e. The molecule has 0 saturated carbocycles. The Morgan fingerprint density at radius 1 is 0.978 bits per heavy atom. The highest BCUT2D eigenvalue weighted by Crippen LogP contribution is 2.32. The summed E-state index contributed by atoms with van der Waals surface area (Å²) >= 11 is 1.27. The molecule has 1 atom stereocenters. The van der Waals surface area contributed by atoms with Gasteiger partial charge in [0.1, 0.15) is 18.1 Å². The van der Waals surface area contributed by atoms with Gasteiger partial charge >= 0.3 is 0 Å². The number of carbonyl (C=O) groups is 1. The number of nitrogens with zero attached hydrogens (tertiary/aromatic N) is 3. The zero-order valence-corrected chi connectivity index (χ0v) is 26.1. The fourth-order valence-electron chi connectivity index (χ4n) is 5.27. The third-order valence-corrected chi connectivity index (χ3v) is 8.47. The molecule has 8 nitrogen and oxygen atoms in total. The summed E-state index contributed by atoms with van der Waals surface area (Å²) < 4.78 is 13.8. The summed E-state index contributed by atoms with van der Waals surface area (Å²) in [5.41, 5.74) is 4.30. The number of carbonyl (C=O) groups excluding carboxylic acids is 1. The average Bonchev–Trinajstić information content (AvgIpc) is 3.38. The second-order valence-electron chi connectivity index (χ2n) is 10.5. The number of rotatable bonds is 9. The van der Waals surface area contributed by atoms with Crippen molar-refractivity contribution in [3.63, 3.8) is 0 Å². The van der Waals surface area contributed by atoms with Gasteiger partial charge in [0.15, 0.2) is 4.80 Å². The number of nitriles is 1. The third-order valence-electron chi connectivity index (χ3n) is 7.49. The first-order chi connectivity index (χ1) is 22.4. The molecule has 46 heavy (non-hydrogen) atoms. The van der Waals surface area contributed by atoms with E-state index in [0.717, 1.165) is 16.7 Å². The van der Waals surface area contributed by atoms with Gasteiger partial charge in [0, 0.05) is 11.3 Å². The number of anilines is 1. The van der Waals surface area contributed by atoms with Crippen LogP contribution in [0.4, 0.5) is 5.69 Å². The van der Waals surface area contributed by atoms with Crippen LogP contribution in [0.3, 0.4) is 0 Å². The van der Waals surface area contributed by atoms with E-state index >= 15 is 0 Å². The molecule has 0 saturated heterocycles. The second kappa shape index (κ2) is 13.5. The summed E-state index contributed by atoms with van der Waals surface area (Å²) in [7, 11) is 0. The van der Waals surface area contributed by atoms with Crippen LogP contribution >= 0.6 is 11.3 Å². The van der Waals surface area contributed by atoms with Crippen LogP contribution in [0.5, 0.6) is 11.5 Å². The van der Waals surface area contributed by atoms with Gasteiger partial charge in [0.2, 0.25) is 0 Å². The monoisotopic (exact) mass is 626 g/mol. The van der Waals surface area contributed by atoms with Gasteiger partial charge in [-0.15, -0.1) is 0 Å². The minimum atomic E-state index is -0.708. The maximum Gasteiger partial charge on any atom is 0.271 e. The first-order valence-corrected chi connectivity index (χ1v) is 15.6. The van der Waals surface area contributed by atoms with Gasteiger partial charge in [-0.3, -0.25) is 14.2 Å². The van der Waals surface area contributed by atoms with E-state index in [0.29, 0.717) is 56.6 Å². The van der Waals surface area contributed by atoms with E-state index in [9.17, 15) is 9.59 Å². The number of para-hydroxylation sites is 2. The van der Waals surface area contributed by atoms with Crippen molar-refractivity contribution in [1.29, 1.82) is 5.26 Å². The lowest BCUT2D eigenvalue weighted by molar-refractivity contribution is -0.113. The Bertz CT molecular complexity index is 2140. The zero-order chi connectivity index (χ0) is 32.0. The molecule has 0 aliphatic carbocycles. The molecule has 5 aromatic rings. The fourth-order valence-corrected chi connectivity index (χ4v) is 6.31. The van der Waals surface area contributed by atoms with Crippen LogP contribution < -0.4 is 29.7 Å². The van der Waals surface area contributed by atoms with Crippen LogP contribution in [0.2, 0.25) is 0 Å². The van der Waals surface area contributed by atoms with Crippen LogP contribution in [0.1, 0.15) is 42.1 Å². The van der Waals surface area contributed by atoms with Crippen molar-refractivity contribution in [2.75, 3.05) is 11.9 Å². The Morgan fingerprint density at radius 3 is 2.41 bits per heavy atom. The number of hydrogen-bond acceptors (Lipinski definition) is 7. The van der Waals surface area contributed by atoms with Crippen molar-refractivity contribution in [2.24, 2.45) is 4.99 Å². The Kier molecular flexibility index (Phi) is 8.90. The normalized spacial score (nSPS) is 14.2. The summed E-state index contributed by atoms with van der Waals surface area (Å²) in [4.78, 5) is 33.3. The van der Waals surface area contributed by atoms with Crippen LogP contribution in [0, 0.1) is 11.3 Å². The van der Waals surface area contributed by atoms with Gasteiger partial charge in [-0.25, -0.2) is 4.99 Å². The highest BCUT2D eigenvalue weighted by atomic mass is 32.1. The first kappa shape index (κ1) is 30.3. The highest BCUT2D eigenvalue weighted by Gasteiger charge is 2.32. The average molecular weight is 627 g/mol. The molecular formula is C37H30N4O4S. The van der Waals surface area contributed by atoms with Gasteiger partial charge in [-0.1, -0.05) is 72.0 Å². The zero-order valence-electron chi connectivity index (χ0n) is 25.3. The predicted octanol–water partition coefficient (Wildman–Crippen LogP) is 5.72. The fraction of sp³-hybridized carbons (Fsp3) is 0.135. The number of ether oxygens (including phenoxy) is 2. The van der Waals surface area contributed by atoms with E-state index in [1.54, 1.807) is 29.7 Å². The number of amides is 1. The van der Waals surface area contributed by atoms with Crippen molar-refractivity contribution in [1.82, 2.24) is 4.57 Å².